The lowest BCUT2D eigenvalue weighted by molar-refractivity contribution is -0.172. The van der Waals surface area contributed by atoms with Crippen LogP contribution in [0.5, 0.6) is 23.0 Å². The highest BCUT2D eigenvalue weighted by atomic mass is 16.7. The van der Waals surface area contributed by atoms with E-state index >= 15 is 0 Å². The first-order valence-electron chi connectivity index (χ1n) is 16.7. The maximum atomic E-state index is 13.5. The van der Waals surface area contributed by atoms with Gasteiger partial charge in [-0.15, -0.1) is 0 Å². The second-order valence-electron chi connectivity index (χ2n) is 13.7. The zero-order valence-electron chi connectivity index (χ0n) is 28.0. The fourth-order valence-corrected chi connectivity index (χ4v) is 8.35. The van der Waals surface area contributed by atoms with E-state index in [-0.39, 0.29) is 61.2 Å². The maximum Gasteiger partial charge on any atom is 0.242 e. The van der Waals surface area contributed by atoms with Gasteiger partial charge in [0.2, 0.25) is 18.6 Å². The lowest BCUT2D eigenvalue weighted by Gasteiger charge is -2.60. The Morgan fingerprint density at radius 1 is 0.979 bits per heavy atom. The predicted octanol–water partition coefficient (Wildman–Crippen LogP) is 3.20. The zero-order valence-corrected chi connectivity index (χ0v) is 28.0. The van der Waals surface area contributed by atoms with Gasteiger partial charge >= 0.3 is 0 Å². The van der Waals surface area contributed by atoms with Gasteiger partial charge in [-0.3, -0.25) is 19.4 Å². The van der Waals surface area contributed by atoms with Gasteiger partial charge in [0.1, 0.15) is 23.8 Å². The van der Waals surface area contributed by atoms with E-state index < -0.39 is 18.3 Å². The number of aliphatic hydroxyl groups is 1. The highest BCUT2D eigenvalue weighted by Gasteiger charge is 2.56. The van der Waals surface area contributed by atoms with E-state index in [4.69, 9.17) is 9.47 Å². The lowest BCUT2D eigenvalue weighted by atomic mass is 9.73. The second kappa shape index (κ2) is 12.3. The summed E-state index contributed by atoms with van der Waals surface area (Å²) in [5.41, 5.74) is 6.64. The van der Waals surface area contributed by atoms with Gasteiger partial charge in [0, 0.05) is 41.3 Å². The third kappa shape index (κ3) is 5.15. The molecule has 11 nitrogen and oxygen atoms in total. The Balaban J connectivity index is 1.21. The zero-order chi connectivity index (χ0) is 34.0. The molecule has 1 fully saturated rings. The number of ether oxygens (including phenoxy) is 2. The van der Waals surface area contributed by atoms with Crippen LogP contribution in [0, 0.1) is 20.8 Å². The van der Waals surface area contributed by atoms with Gasteiger partial charge in [0.05, 0.1) is 18.1 Å². The number of carbonyl (C=O) groups excluding carboxylic acids is 2. The number of benzene rings is 3. The Bertz CT molecular complexity index is 1780. The molecule has 48 heavy (non-hydrogen) atoms. The molecule has 1 unspecified atom stereocenters. The van der Waals surface area contributed by atoms with Gasteiger partial charge in [-0.2, -0.15) is 0 Å². The molecule has 4 aliphatic heterocycles. The normalized spacial score (nSPS) is 24.7. The van der Waals surface area contributed by atoms with Gasteiger partial charge in [-0.05, 0) is 76.3 Å². The van der Waals surface area contributed by atoms with Crippen LogP contribution < -0.4 is 20.1 Å². The van der Waals surface area contributed by atoms with Crippen LogP contribution in [0.1, 0.15) is 69.9 Å². The average molecular weight is 657 g/mol. The standard InChI is InChI=1S/C37H44N4O7/c1-18-13-23-14-26-37(46)41-25(31(40(26)5)29(23)33(44)19(18)2)15-24-30(35-34(47-17-48-35)20(3)32(24)43)27(41)16-38-36(45)21(4)39-28(42)12-11-22-9-7-6-8-10-22/h6-10,13,21,25-27,31,37,43-44,46H,11-12,14-17H2,1-5H3,(H,38,45)(H,39,42)/t21-,25?,26+,27-,31-,37-/m0/s1. The number of amides is 2. The van der Waals surface area contributed by atoms with Crippen LogP contribution in [0.3, 0.4) is 0 Å². The van der Waals surface area contributed by atoms with Crippen LogP contribution in [0.2, 0.25) is 0 Å². The summed E-state index contributed by atoms with van der Waals surface area (Å²) in [7, 11) is 1.98. The van der Waals surface area contributed by atoms with Crippen molar-refractivity contribution in [3.63, 3.8) is 0 Å². The molecule has 0 aliphatic carbocycles. The molecule has 0 spiro atoms. The minimum atomic E-state index is -0.931. The van der Waals surface area contributed by atoms with E-state index in [9.17, 15) is 24.9 Å². The maximum absolute atomic E-state index is 13.5. The molecule has 7 rings (SSSR count). The molecule has 254 valence electrons. The van der Waals surface area contributed by atoms with E-state index in [1.807, 2.05) is 56.1 Å². The number of likely N-dealkylation sites (N-methyl/N-ethyl adjacent to an activating group) is 1. The summed E-state index contributed by atoms with van der Waals surface area (Å²) >= 11 is 0. The third-order valence-electron chi connectivity index (χ3n) is 11.0. The van der Waals surface area contributed by atoms with Crippen LogP contribution in [0.15, 0.2) is 36.4 Å². The van der Waals surface area contributed by atoms with Crippen LogP contribution in [0.25, 0.3) is 0 Å². The molecule has 2 bridgehead atoms. The fraction of sp³-hybridized carbons (Fsp3) is 0.459. The van der Waals surface area contributed by atoms with Crippen LogP contribution in [-0.4, -0.2) is 81.7 Å². The average Bonchev–Trinajstić information content (AvgIpc) is 3.57. The molecule has 3 aromatic carbocycles. The number of hydrogen-bond acceptors (Lipinski definition) is 9. The number of fused-ring (bicyclic) bond motifs is 9. The number of aromatic hydroxyl groups is 2. The molecule has 4 heterocycles. The summed E-state index contributed by atoms with van der Waals surface area (Å²) in [6.07, 6.45) is 0.807. The largest absolute Gasteiger partial charge is 0.507 e. The summed E-state index contributed by atoms with van der Waals surface area (Å²) in [4.78, 5) is 30.4. The van der Waals surface area contributed by atoms with Crippen molar-refractivity contribution < 1.29 is 34.4 Å². The Labute approximate surface area is 280 Å². The fourth-order valence-electron chi connectivity index (χ4n) is 8.35. The molecule has 2 amide bonds. The number of carbonyl (C=O) groups is 2. The van der Waals surface area contributed by atoms with Crippen molar-refractivity contribution in [2.75, 3.05) is 20.4 Å². The van der Waals surface area contributed by atoms with E-state index in [0.29, 0.717) is 47.5 Å². The predicted molar refractivity (Wildman–Crippen MR) is 178 cm³/mol. The molecule has 0 saturated carbocycles. The monoisotopic (exact) mass is 656 g/mol. The third-order valence-corrected chi connectivity index (χ3v) is 11.0. The number of nitrogens with zero attached hydrogens (tertiary/aromatic N) is 2. The van der Waals surface area contributed by atoms with Crippen molar-refractivity contribution in [2.45, 2.75) is 89.8 Å². The molecular formula is C37H44N4O7. The van der Waals surface area contributed by atoms with Crippen molar-refractivity contribution >= 4 is 11.8 Å². The summed E-state index contributed by atoms with van der Waals surface area (Å²) in [6, 6.07) is 9.50. The van der Waals surface area contributed by atoms with Crippen LogP contribution in [0.4, 0.5) is 0 Å². The Kier molecular flexibility index (Phi) is 8.25. The first-order valence-corrected chi connectivity index (χ1v) is 16.7. The summed E-state index contributed by atoms with van der Waals surface area (Å²) < 4.78 is 11.8. The minimum absolute atomic E-state index is 0.00294. The van der Waals surface area contributed by atoms with Crippen molar-refractivity contribution in [3.8, 4) is 23.0 Å². The lowest BCUT2D eigenvalue weighted by Crippen LogP contribution is -2.69. The topological polar surface area (TPSA) is 144 Å². The number of piperazine rings is 1. The number of rotatable bonds is 7. The van der Waals surface area contributed by atoms with Crippen molar-refractivity contribution in [2.24, 2.45) is 0 Å². The number of nitrogens with one attached hydrogen (secondary N) is 2. The first-order chi connectivity index (χ1) is 23.0. The molecule has 5 N–H and O–H groups in total. The van der Waals surface area contributed by atoms with Crippen LogP contribution >= 0.6 is 0 Å². The van der Waals surface area contributed by atoms with Gasteiger partial charge in [-0.25, -0.2) is 0 Å². The van der Waals surface area contributed by atoms with E-state index in [1.54, 1.807) is 13.8 Å². The number of aliphatic hydroxyl groups excluding tert-OH is 1. The Hall–Kier alpha value is -4.32. The van der Waals surface area contributed by atoms with Gasteiger partial charge in [-0.1, -0.05) is 36.4 Å². The highest BCUT2D eigenvalue weighted by Crippen LogP contribution is 2.57. The van der Waals surface area contributed by atoms with Crippen LogP contribution in [-0.2, 0) is 28.9 Å². The van der Waals surface area contributed by atoms with Gasteiger partial charge < -0.3 is 35.4 Å². The second-order valence-corrected chi connectivity index (χ2v) is 13.7. The molecule has 1 saturated heterocycles. The molecule has 0 radical (unpaired) electrons. The molecule has 3 aromatic rings. The summed E-state index contributed by atoms with van der Waals surface area (Å²) in [6.45, 7) is 7.42. The first kappa shape index (κ1) is 32.2. The van der Waals surface area contributed by atoms with Gasteiger partial charge in [0.15, 0.2) is 11.5 Å². The number of hydrogen-bond donors (Lipinski definition) is 5. The summed E-state index contributed by atoms with van der Waals surface area (Å²) in [5.74, 6) is 0.734. The molecule has 0 aromatic heterocycles. The number of phenols is 2. The molecular weight excluding hydrogens is 612 g/mol. The minimum Gasteiger partial charge on any atom is -0.507 e. The Morgan fingerprint density at radius 2 is 1.71 bits per heavy atom. The summed E-state index contributed by atoms with van der Waals surface area (Å²) in [5, 5.41) is 41.1. The van der Waals surface area contributed by atoms with Crippen molar-refractivity contribution in [1.82, 2.24) is 20.4 Å². The molecule has 4 aliphatic rings. The van der Waals surface area contributed by atoms with E-state index in [1.165, 1.54) is 0 Å². The van der Waals surface area contributed by atoms with E-state index in [0.717, 1.165) is 27.8 Å². The SMILES string of the molecule is Cc1cc2c(c(O)c1C)[C@@H]1C3Cc4c(O)c(C)c5c(c4[C@H](CNC(=O)[C@H](C)NC(=O)CCc4ccccc4)N3[C@@H](O)[C@@H](C2)N1C)OCO5. The van der Waals surface area contributed by atoms with Crippen molar-refractivity contribution in [3.05, 3.63) is 80.9 Å². The molecule has 6 atom stereocenters. The van der Waals surface area contributed by atoms with Crippen molar-refractivity contribution in [1.29, 1.82) is 0 Å². The quantitative estimate of drug-likeness (QED) is 0.259. The van der Waals surface area contributed by atoms with E-state index in [2.05, 4.69) is 21.6 Å². The van der Waals surface area contributed by atoms with Gasteiger partial charge in [0.25, 0.3) is 0 Å². The number of phenolic OH excluding ortho intramolecular Hbond substituents is 2. The Morgan fingerprint density at radius 3 is 2.46 bits per heavy atom. The highest BCUT2D eigenvalue weighted by molar-refractivity contribution is 5.87. The number of aryl methyl sites for hydroxylation is 2. The molecule has 11 heteroatoms. The smallest absolute Gasteiger partial charge is 0.242 e.